The molecule has 0 bridgehead atoms. The molecule has 0 aliphatic heterocycles. The Kier molecular flexibility index (Phi) is 8.23. The van der Waals surface area contributed by atoms with Crippen LogP contribution in [0.5, 0.6) is 5.75 Å². The molecule has 0 radical (unpaired) electrons. The van der Waals surface area contributed by atoms with Crippen molar-refractivity contribution in [2.45, 2.75) is 4.90 Å². The minimum absolute atomic E-state index is 0. The van der Waals surface area contributed by atoms with Crippen LogP contribution < -0.4 is 4.74 Å². The van der Waals surface area contributed by atoms with Crippen molar-refractivity contribution in [1.29, 1.82) is 0 Å². The maximum atomic E-state index is 10.9. The molecule has 0 saturated heterocycles. The Morgan fingerprint density at radius 2 is 2.00 bits per heavy atom. The molecule has 1 aromatic carbocycles. The van der Waals surface area contributed by atoms with E-state index in [1.165, 1.54) is 7.11 Å². The Labute approximate surface area is 152 Å². The molecule has 1 rings (SSSR count). The van der Waals surface area contributed by atoms with Gasteiger partial charge < -0.3 is 9.47 Å². The van der Waals surface area contributed by atoms with Crippen LogP contribution in [0.2, 0.25) is 0 Å². The SMILES string of the molecule is COCCOc1ccc(S(=O)(=O)O)cc1[N+](=O)[O-].[KH]. The van der Waals surface area contributed by atoms with Gasteiger partial charge in [-0.1, -0.05) is 0 Å². The van der Waals surface area contributed by atoms with Crippen molar-refractivity contribution >= 4 is 67.2 Å². The molecule has 19 heavy (non-hydrogen) atoms. The molecule has 0 atom stereocenters. The summed E-state index contributed by atoms with van der Waals surface area (Å²) in [6, 6.07) is 2.86. The van der Waals surface area contributed by atoms with Crippen LogP contribution >= 0.6 is 0 Å². The van der Waals surface area contributed by atoms with E-state index >= 15 is 0 Å². The average Bonchev–Trinajstić information content (AvgIpc) is 2.28. The molecule has 1 aromatic rings. The van der Waals surface area contributed by atoms with Gasteiger partial charge in [-0.2, -0.15) is 8.42 Å². The fourth-order valence-electron chi connectivity index (χ4n) is 1.16. The van der Waals surface area contributed by atoms with Gasteiger partial charge in [-0.3, -0.25) is 14.7 Å². The Morgan fingerprint density at radius 1 is 1.37 bits per heavy atom. The van der Waals surface area contributed by atoms with Crippen molar-refractivity contribution in [3.63, 3.8) is 0 Å². The number of methoxy groups -OCH3 is 1. The zero-order valence-corrected chi connectivity index (χ0v) is 10.2. The molecule has 0 heterocycles. The van der Waals surface area contributed by atoms with Gasteiger partial charge in [0, 0.05) is 13.2 Å². The number of nitro benzene ring substituents is 1. The predicted molar refractivity (Wildman–Crippen MR) is 67.4 cm³/mol. The Balaban J connectivity index is 0.00000324. The quantitative estimate of drug-likeness (QED) is 0.262. The zero-order chi connectivity index (χ0) is 13.8. The summed E-state index contributed by atoms with van der Waals surface area (Å²) in [6.45, 7) is 0.319. The third-order valence-electron chi connectivity index (χ3n) is 1.97. The fraction of sp³-hybridized carbons (Fsp3) is 0.333. The van der Waals surface area contributed by atoms with Crippen LogP contribution in [-0.4, -0.2) is 89.6 Å². The Hall–Kier alpha value is -0.0736. The molecule has 10 heteroatoms. The van der Waals surface area contributed by atoms with Crippen LogP contribution in [0.3, 0.4) is 0 Å². The number of ether oxygens (including phenoxy) is 2. The van der Waals surface area contributed by atoms with Crippen LogP contribution in [-0.2, 0) is 14.9 Å². The van der Waals surface area contributed by atoms with Gasteiger partial charge in [0.1, 0.15) is 11.5 Å². The monoisotopic (exact) mass is 317 g/mol. The molecule has 0 unspecified atom stereocenters. The number of benzene rings is 1. The van der Waals surface area contributed by atoms with Crippen LogP contribution in [0.4, 0.5) is 5.69 Å². The van der Waals surface area contributed by atoms with Crippen LogP contribution in [0.25, 0.3) is 0 Å². The summed E-state index contributed by atoms with van der Waals surface area (Å²) in [7, 11) is -3.04. The van der Waals surface area contributed by atoms with E-state index in [9.17, 15) is 18.5 Å². The molecule has 0 saturated carbocycles. The van der Waals surface area contributed by atoms with E-state index in [2.05, 4.69) is 0 Å². The van der Waals surface area contributed by atoms with Crippen LogP contribution in [0.1, 0.15) is 0 Å². The summed E-state index contributed by atoms with van der Waals surface area (Å²) in [6.07, 6.45) is 0. The van der Waals surface area contributed by atoms with E-state index in [0.717, 1.165) is 18.2 Å². The molecular weight excluding hydrogens is 305 g/mol. The van der Waals surface area contributed by atoms with Gasteiger partial charge in [-0.05, 0) is 12.1 Å². The van der Waals surface area contributed by atoms with Gasteiger partial charge in [0.15, 0.2) is 5.75 Å². The molecule has 0 aliphatic rings. The topological polar surface area (TPSA) is 116 Å². The molecule has 1 N–H and O–H groups in total. The molecule has 0 aromatic heterocycles. The van der Waals surface area contributed by atoms with Crippen molar-refractivity contribution in [3.05, 3.63) is 28.3 Å². The van der Waals surface area contributed by atoms with E-state index in [1.807, 2.05) is 0 Å². The third kappa shape index (κ3) is 5.83. The summed E-state index contributed by atoms with van der Waals surface area (Å²) in [4.78, 5) is 9.39. The van der Waals surface area contributed by atoms with Crippen molar-refractivity contribution in [2.24, 2.45) is 0 Å². The van der Waals surface area contributed by atoms with E-state index in [4.69, 9.17) is 14.0 Å². The van der Waals surface area contributed by atoms with Gasteiger partial charge in [0.2, 0.25) is 0 Å². The fourth-order valence-corrected chi connectivity index (χ4v) is 1.66. The molecule has 102 valence electrons. The second-order valence-electron chi connectivity index (χ2n) is 3.20. The van der Waals surface area contributed by atoms with Gasteiger partial charge in [-0.25, -0.2) is 0 Å². The summed E-state index contributed by atoms with van der Waals surface area (Å²) in [5.74, 6) is -0.0931. The van der Waals surface area contributed by atoms with Gasteiger partial charge >= 0.3 is 57.1 Å². The first-order chi connectivity index (χ1) is 8.36. The van der Waals surface area contributed by atoms with Crippen molar-refractivity contribution in [2.75, 3.05) is 20.3 Å². The summed E-state index contributed by atoms with van der Waals surface area (Å²) < 4.78 is 40.3. The van der Waals surface area contributed by atoms with Crippen molar-refractivity contribution in [3.8, 4) is 5.75 Å². The summed E-state index contributed by atoms with van der Waals surface area (Å²) >= 11 is 0. The molecule has 0 fully saturated rings. The number of hydrogen-bond donors (Lipinski definition) is 1. The first kappa shape index (κ1) is 18.9. The number of nitro groups is 1. The second-order valence-corrected chi connectivity index (χ2v) is 4.62. The summed E-state index contributed by atoms with van der Waals surface area (Å²) in [5.41, 5.74) is -0.541. The standard InChI is InChI=1S/C9H11NO7S.K.H/c1-16-4-5-17-9-3-2-7(18(13,14)15)6-8(9)10(11)12;;/h2-3,6H,4-5H2,1H3,(H,13,14,15);;. The molecule has 8 nitrogen and oxygen atoms in total. The summed E-state index contributed by atoms with van der Waals surface area (Å²) in [5, 5.41) is 10.8. The second kappa shape index (κ2) is 8.27. The Morgan fingerprint density at radius 3 is 2.47 bits per heavy atom. The molecular formula is C9H12KNO7S. The molecule has 0 aliphatic carbocycles. The Bertz CT molecular complexity index is 545. The van der Waals surface area contributed by atoms with E-state index in [1.54, 1.807) is 0 Å². The van der Waals surface area contributed by atoms with E-state index < -0.39 is 25.6 Å². The first-order valence-corrected chi connectivity index (χ1v) is 6.18. The molecule has 0 amide bonds. The zero-order valence-electron chi connectivity index (χ0n) is 9.40. The minimum atomic E-state index is -4.49. The number of rotatable bonds is 6. The van der Waals surface area contributed by atoms with E-state index in [-0.39, 0.29) is 70.3 Å². The number of nitrogens with zero attached hydrogens (tertiary/aromatic N) is 1. The third-order valence-corrected chi connectivity index (χ3v) is 2.82. The van der Waals surface area contributed by atoms with Crippen LogP contribution in [0, 0.1) is 10.1 Å². The first-order valence-electron chi connectivity index (χ1n) is 4.74. The van der Waals surface area contributed by atoms with Crippen molar-refractivity contribution < 1.29 is 27.4 Å². The predicted octanol–water partition coefficient (Wildman–Crippen LogP) is 0.218. The van der Waals surface area contributed by atoms with Gasteiger partial charge in [0.05, 0.1) is 11.5 Å². The van der Waals surface area contributed by atoms with E-state index in [0.29, 0.717) is 0 Å². The molecule has 0 spiro atoms. The van der Waals surface area contributed by atoms with Crippen molar-refractivity contribution in [1.82, 2.24) is 0 Å². The van der Waals surface area contributed by atoms with Crippen LogP contribution in [0.15, 0.2) is 23.1 Å². The normalized spacial score (nSPS) is 10.6. The number of hydrogen-bond acceptors (Lipinski definition) is 6. The van der Waals surface area contributed by atoms with Gasteiger partial charge in [-0.15, -0.1) is 0 Å². The average molecular weight is 317 g/mol. The van der Waals surface area contributed by atoms with Gasteiger partial charge in [0.25, 0.3) is 10.1 Å². The maximum absolute atomic E-state index is 10.9.